The van der Waals surface area contributed by atoms with E-state index in [1.807, 2.05) is 24.3 Å². The second-order valence-electron chi connectivity index (χ2n) is 4.00. The molecule has 1 aromatic heterocycles. The summed E-state index contributed by atoms with van der Waals surface area (Å²) >= 11 is 11.0. The van der Waals surface area contributed by atoms with E-state index in [0.29, 0.717) is 23.2 Å². The van der Waals surface area contributed by atoms with E-state index in [1.54, 1.807) is 24.2 Å². The van der Waals surface area contributed by atoms with E-state index in [-0.39, 0.29) is 0 Å². The predicted octanol–water partition coefficient (Wildman–Crippen LogP) is 2.53. The molecule has 2 rings (SSSR count). The molecular weight excluding hydrogens is 296 g/mol. The fourth-order valence-corrected chi connectivity index (χ4v) is 2.03. The molecule has 0 amide bonds. The van der Waals surface area contributed by atoms with Gasteiger partial charge < -0.3 is 15.4 Å². The maximum atomic E-state index is 5.79. The summed E-state index contributed by atoms with van der Waals surface area (Å²) in [7, 11) is 1.62. The van der Waals surface area contributed by atoms with Crippen LogP contribution >= 0.6 is 23.8 Å². The Morgan fingerprint density at radius 3 is 2.95 bits per heavy atom. The lowest BCUT2D eigenvalue weighted by Gasteiger charge is -2.13. The second kappa shape index (κ2) is 7.12. The van der Waals surface area contributed by atoms with Crippen molar-refractivity contribution in [3.05, 3.63) is 41.7 Å². The normalized spacial score (nSPS) is 10.1. The number of halogens is 1. The highest BCUT2D eigenvalue weighted by atomic mass is 35.5. The van der Waals surface area contributed by atoms with Crippen LogP contribution in [-0.2, 0) is 6.54 Å². The van der Waals surface area contributed by atoms with Crippen molar-refractivity contribution in [2.24, 2.45) is 0 Å². The Hall–Kier alpha value is -1.79. The van der Waals surface area contributed by atoms with Gasteiger partial charge in [0.05, 0.1) is 30.6 Å². The zero-order valence-electron chi connectivity index (χ0n) is 11.0. The topological polar surface area (TPSA) is 51.1 Å². The van der Waals surface area contributed by atoms with Crippen molar-refractivity contribution in [3.63, 3.8) is 0 Å². The largest absolute Gasteiger partial charge is 0.495 e. The van der Waals surface area contributed by atoms with Crippen LogP contribution < -0.4 is 15.4 Å². The van der Waals surface area contributed by atoms with Crippen LogP contribution in [0.5, 0.6) is 5.75 Å². The number of aromatic nitrogens is 2. The number of nitrogens with one attached hydrogen (secondary N) is 2. The van der Waals surface area contributed by atoms with Crippen molar-refractivity contribution in [2.45, 2.75) is 6.54 Å². The minimum absolute atomic E-state index is 0.535. The molecule has 0 saturated heterocycles. The highest BCUT2D eigenvalue weighted by Crippen LogP contribution is 2.22. The molecule has 20 heavy (non-hydrogen) atoms. The summed E-state index contributed by atoms with van der Waals surface area (Å²) in [5.74, 6) is 0.746. The standard InChI is InChI=1S/C13H15ClN4OS/c1-19-12-5-3-2-4-11(12)17-13(20)15-6-7-18-9-10(14)8-16-18/h2-5,8-9H,6-7H2,1H3,(H2,15,17,20). The second-order valence-corrected chi connectivity index (χ2v) is 4.85. The average Bonchev–Trinajstić information content (AvgIpc) is 2.85. The van der Waals surface area contributed by atoms with Gasteiger partial charge in [-0.15, -0.1) is 0 Å². The van der Waals surface area contributed by atoms with E-state index in [0.717, 1.165) is 11.4 Å². The molecule has 5 nitrogen and oxygen atoms in total. The first-order chi connectivity index (χ1) is 9.69. The van der Waals surface area contributed by atoms with Gasteiger partial charge in [0.2, 0.25) is 0 Å². The van der Waals surface area contributed by atoms with Gasteiger partial charge in [-0.2, -0.15) is 5.10 Å². The molecule has 1 heterocycles. The average molecular weight is 311 g/mol. The zero-order valence-corrected chi connectivity index (χ0v) is 12.5. The molecule has 0 aliphatic heterocycles. The van der Waals surface area contributed by atoms with Crippen molar-refractivity contribution >= 4 is 34.6 Å². The monoisotopic (exact) mass is 310 g/mol. The molecule has 0 fully saturated rings. The Bertz CT molecular complexity index is 587. The number of benzene rings is 1. The van der Waals surface area contributed by atoms with Gasteiger partial charge in [-0.25, -0.2) is 0 Å². The summed E-state index contributed by atoms with van der Waals surface area (Å²) in [5.41, 5.74) is 0.828. The Morgan fingerprint density at radius 1 is 1.45 bits per heavy atom. The van der Waals surface area contributed by atoms with Gasteiger partial charge in [-0.05, 0) is 24.4 Å². The molecule has 1 aromatic carbocycles. The number of methoxy groups -OCH3 is 1. The van der Waals surface area contributed by atoms with Crippen molar-refractivity contribution < 1.29 is 4.74 Å². The van der Waals surface area contributed by atoms with Gasteiger partial charge >= 0.3 is 0 Å². The number of thiocarbonyl (C=S) groups is 1. The summed E-state index contributed by atoms with van der Waals surface area (Å²) in [4.78, 5) is 0. The number of hydrogen-bond acceptors (Lipinski definition) is 3. The minimum atomic E-state index is 0.535. The van der Waals surface area contributed by atoms with Crippen LogP contribution in [0, 0.1) is 0 Å². The van der Waals surface area contributed by atoms with Gasteiger partial charge in [0.1, 0.15) is 5.75 Å². The number of hydrogen-bond donors (Lipinski definition) is 2. The van der Waals surface area contributed by atoms with Crippen LogP contribution in [0.4, 0.5) is 5.69 Å². The Balaban J connectivity index is 1.80. The van der Waals surface area contributed by atoms with E-state index in [9.17, 15) is 0 Å². The molecule has 2 N–H and O–H groups in total. The summed E-state index contributed by atoms with van der Waals surface area (Å²) in [6.07, 6.45) is 3.37. The van der Waals surface area contributed by atoms with Gasteiger partial charge in [0, 0.05) is 12.7 Å². The predicted molar refractivity (Wildman–Crippen MR) is 84.5 cm³/mol. The van der Waals surface area contributed by atoms with E-state index >= 15 is 0 Å². The molecule has 0 aliphatic rings. The van der Waals surface area contributed by atoms with Crippen LogP contribution in [0.25, 0.3) is 0 Å². The molecule has 0 spiro atoms. The molecule has 0 bridgehead atoms. The van der Waals surface area contributed by atoms with Gasteiger partial charge in [0.15, 0.2) is 5.11 Å². The quantitative estimate of drug-likeness (QED) is 0.831. The fourth-order valence-electron chi connectivity index (χ4n) is 1.66. The molecule has 7 heteroatoms. The third-order valence-electron chi connectivity index (χ3n) is 2.58. The smallest absolute Gasteiger partial charge is 0.170 e. The van der Waals surface area contributed by atoms with Crippen LogP contribution in [0.3, 0.4) is 0 Å². The van der Waals surface area contributed by atoms with E-state index in [2.05, 4.69) is 15.7 Å². The Morgan fingerprint density at radius 2 is 2.25 bits per heavy atom. The van der Waals surface area contributed by atoms with Crippen molar-refractivity contribution in [1.82, 2.24) is 15.1 Å². The number of ether oxygens (including phenoxy) is 1. The first-order valence-electron chi connectivity index (χ1n) is 6.05. The maximum absolute atomic E-state index is 5.79. The molecule has 0 saturated carbocycles. The highest BCUT2D eigenvalue weighted by molar-refractivity contribution is 7.80. The van der Waals surface area contributed by atoms with Crippen molar-refractivity contribution in [1.29, 1.82) is 0 Å². The lowest BCUT2D eigenvalue weighted by Crippen LogP contribution is -2.31. The Kier molecular flexibility index (Phi) is 5.20. The van der Waals surface area contributed by atoms with Gasteiger partial charge in [0.25, 0.3) is 0 Å². The first-order valence-corrected chi connectivity index (χ1v) is 6.83. The number of anilines is 1. The van der Waals surface area contributed by atoms with Crippen LogP contribution in [0.2, 0.25) is 5.02 Å². The summed E-state index contributed by atoms with van der Waals surface area (Å²) in [6.45, 7) is 1.33. The summed E-state index contributed by atoms with van der Waals surface area (Å²) in [6, 6.07) is 7.60. The number of nitrogens with zero attached hydrogens (tertiary/aromatic N) is 2. The summed E-state index contributed by atoms with van der Waals surface area (Å²) < 4.78 is 7.00. The SMILES string of the molecule is COc1ccccc1NC(=S)NCCn1cc(Cl)cn1. The van der Waals surface area contributed by atoms with Crippen molar-refractivity contribution in [3.8, 4) is 5.75 Å². The minimum Gasteiger partial charge on any atom is -0.495 e. The van der Waals surface area contributed by atoms with Crippen LogP contribution in [-0.4, -0.2) is 28.5 Å². The van der Waals surface area contributed by atoms with Gasteiger partial charge in [-0.1, -0.05) is 23.7 Å². The molecular formula is C13H15ClN4OS. The molecule has 0 radical (unpaired) electrons. The lowest BCUT2D eigenvalue weighted by atomic mass is 10.3. The Labute approximate surface area is 127 Å². The molecule has 2 aromatic rings. The number of rotatable bonds is 5. The van der Waals surface area contributed by atoms with E-state index < -0.39 is 0 Å². The molecule has 106 valence electrons. The molecule has 0 atom stereocenters. The third kappa shape index (κ3) is 4.11. The van der Waals surface area contributed by atoms with Crippen LogP contribution in [0.1, 0.15) is 0 Å². The first kappa shape index (κ1) is 14.6. The van der Waals surface area contributed by atoms with E-state index in [1.165, 1.54) is 0 Å². The fraction of sp³-hybridized carbons (Fsp3) is 0.231. The lowest BCUT2D eigenvalue weighted by molar-refractivity contribution is 0.417. The van der Waals surface area contributed by atoms with Crippen molar-refractivity contribution in [2.75, 3.05) is 19.0 Å². The molecule has 0 unspecified atom stereocenters. The molecule has 0 aliphatic carbocycles. The number of para-hydroxylation sites is 2. The van der Waals surface area contributed by atoms with Crippen LogP contribution in [0.15, 0.2) is 36.7 Å². The summed E-state index contributed by atoms with van der Waals surface area (Å²) in [5, 5.41) is 11.4. The van der Waals surface area contributed by atoms with Gasteiger partial charge in [-0.3, -0.25) is 4.68 Å². The maximum Gasteiger partial charge on any atom is 0.170 e. The van der Waals surface area contributed by atoms with E-state index in [4.69, 9.17) is 28.6 Å². The third-order valence-corrected chi connectivity index (χ3v) is 3.02. The zero-order chi connectivity index (χ0) is 14.4. The highest BCUT2D eigenvalue weighted by Gasteiger charge is 2.03.